The van der Waals surface area contributed by atoms with E-state index in [4.69, 9.17) is 4.42 Å². The predicted molar refractivity (Wildman–Crippen MR) is 65.3 cm³/mol. The van der Waals surface area contributed by atoms with Crippen LogP contribution in [-0.2, 0) is 4.79 Å². The van der Waals surface area contributed by atoms with Crippen molar-refractivity contribution < 1.29 is 9.21 Å². The zero-order valence-corrected chi connectivity index (χ0v) is 9.38. The topological polar surface area (TPSA) is 55.1 Å². The van der Waals surface area contributed by atoms with Gasteiger partial charge in [0.25, 0.3) is 0 Å². The highest BCUT2D eigenvalue weighted by Gasteiger charge is 1.98. The first-order valence-corrected chi connectivity index (χ1v) is 5.20. The summed E-state index contributed by atoms with van der Waals surface area (Å²) in [6.07, 6.45) is 4.65. The van der Waals surface area contributed by atoms with Crippen molar-refractivity contribution in [3.8, 4) is 0 Å². The van der Waals surface area contributed by atoms with Gasteiger partial charge in [0.15, 0.2) is 0 Å². The maximum absolute atomic E-state index is 11.5. The Hall–Kier alpha value is -2.36. The van der Waals surface area contributed by atoms with Crippen LogP contribution in [-0.4, -0.2) is 10.9 Å². The molecule has 0 aromatic carbocycles. The molecule has 0 aliphatic carbocycles. The van der Waals surface area contributed by atoms with Gasteiger partial charge in [-0.1, -0.05) is 6.07 Å². The Balaban J connectivity index is 1.96. The number of hydrogen-bond donors (Lipinski definition) is 1. The van der Waals surface area contributed by atoms with E-state index >= 15 is 0 Å². The first-order chi connectivity index (χ1) is 8.24. The first-order valence-electron chi connectivity index (χ1n) is 5.20. The number of amides is 1. The summed E-state index contributed by atoms with van der Waals surface area (Å²) in [5.74, 6) is 1.75. The van der Waals surface area contributed by atoms with Gasteiger partial charge in [-0.05, 0) is 37.3 Å². The molecule has 1 amide bonds. The van der Waals surface area contributed by atoms with Crippen molar-refractivity contribution >= 4 is 17.8 Å². The number of nitrogens with one attached hydrogen (secondary N) is 1. The van der Waals surface area contributed by atoms with Gasteiger partial charge in [0.1, 0.15) is 17.3 Å². The number of aryl methyl sites for hydroxylation is 1. The van der Waals surface area contributed by atoms with Crippen molar-refractivity contribution in [2.24, 2.45) is 0 Å². The summed E-state index contributed by atoms with van der Waals surface area (Å²) >= 11 is 0. The van der Waals surface area contributed by atoms with E-state index in [1.165, 1.54) is 6.08 Å². The zero-order chi connectivity index (χ0) is 12.1. The summed E-state index contributed by atoms with van der Waals surface area (Å²) in [6, 6.07) is 8.97. The van der Waals surface area contributed by atoms with E-state index in [2.05, 4.69) is 10.3 Å². The molecule has 0 spiro atoms. The third-order valence-corrected chi connectivity index (χ3v) is 2.08. The Bertz CT molecular complexity index is 529. The van der Waals surface area contributed by atoms with Crippen LogP contribution >= 0.6 is 0 Å². The maximum Gasteiger partial charge on any atom is 0.249 e. The second-order valence-corrected chi connectivity index (χ2v) is 3.49. The fraction of sp³-hybridized carbons (Fsp3) is 0.0769. The number of anilines is 1. The predicted octanol–water partition coefficient (Wildman–Crippen LogP) is 2.63. The summed E-state index contributed by atoms with van der Waals surface area (Å²) in [6.45, 7) is 1.85. The van der Waals surface area contributed by atoms with Crippen LogP contribution < -0.4 is 5.32 Å². The minimum atomic E-state index is -0.238. The minimum Gasteiger partial charge on any atom is -0.462 e. The Morgan fingerprint density at radius 1 is 1.35 bits per heavy atom. The summed E-state index contributed by atoms with van der Waals surface area (Å²) < 4.78 is 5.30. The quantitative estimate of drug-likeness (QED) is 0.821. The number of aromatic nitrogens is 1. The molecule has 2 rings (SSSR count). The van der Waals surface area contributed by atoms with Gasteiger partial charge in [0, 0.05) is 12.3 Å². The molecule has 2 aromatic heterocycles. The number of furan rings is 1. The van der Waals surface area contributed by atoms with Crippen LogP contribution in [0.2, 0.25) is 0 Å². The standard InChI is InChI=1S/C13H12N2O2/c1-10-5-6-11(17-10)7-8-13(16)15-12-4-2-3-9-14-12/h2-9H,1H3,(H,14,15,16)/b8-7+. The lowest BCUT2D eigenvalue weighted by Gasteiger charge is -1.98. The number of rotatable bonds is 3. The molecule has 1 N–H and O–H groups in total. The normalized spacial score (nSPS) is 10.6. The third kappa shape index (κ3) is 3.31. The van der Waals surface area contributed by atoms with Gasteiger partial charge in [0.05, 0.1) is 0 Å². The fourth-order valence-corrected chi connectivity index (χ4v) is 1.31. The molecule has 0 aliphatic heterocycles. The molecule has 0 bridgehead atoms. The van der Waals surface area contributed by atoms with Crippen molar-refractivity contribution in [2.75, 3.05) is 5.32 Å². The molecule has 0 unspecified atom stereocenters. The number of carbonyl (C=O) groups excluding carboxylic acids is 1. The highest BCUT2D eigenvalue weighted by atomic mass is 16.3. The van der Waals surface area contributed by atoms with Gasteiger partial charge in [-0.15, -0.1) is 0 Å². The van der Waals surface area contributed by atoms with E-state index in [1.54, 1.807) is 30.5 Å². The molecule has 0 fully saturated rings. The average molecular weight is 228 g/mol. The molecule has 2 aromatic rings. The van der Waals surface area contributed by atoms with Crippen molar-refractivity contribution in [1.29, 1.82) is 0 Å². The summed E-state index contributed by atoms with van der Waals surface area (Å²) in [7, 11) is 0. The molecule has 0 aliphatic rings. The van der Waals surface area contributed by atoms with Crippen LogP contribution in [0.5, 0.6) is 0 Å². The molecular weight excluding hydrogens is 216 g/mol. The minimum absolute atomic E-state index is 0.238. The van der Waals surface area contributed by atoms with Crippen LogP contribution in [0.15, 0.2) is 47.0 Å². The van der Waals surface area contributed by atoms with Gasteiger partial charge in [0.2, 0.25) is 5.91 Å². The summed E-state index contributed by atoms with van der Waals surface area (Å²) in [5, 5.41) is 2.64. The molecule has 2 heterocycles. The van der Waals surface area contributed by atoms with E-state index in [-0.39, 0.29) is 5.91 Å². The molecule has 86 valence electrons. The van der Waals surface area contributed by atoms with E-state index in [0.29, 0.717) is 11.6 Å². The SMILES string of the molecule is Cc1ccc(/C=C/C(=O)Nc2ccccn2)o1. The monoisotopic (exact) mass is 228 g/mol. The Kier molecular flexibility index (Phi) is 3.35. The van der Waals surface area contributed by atoms with Gasteiger partial charge < -0.3 is 9.73 Å². The van der Waals surface area contributed by atoms with Crippen LogP contribution in [0.25, 0.3) is 6.08 Å². The zero-order valence-electron chi connectivity index (χ0n) is 9.38. The van der Waals surface area contributed by atoms with Gasteiger partial charge in [-0.25, -0.2) is 4.98 Å². The molecule has 4 heteroatoms. The van der Waals surface area contributed by atoms with Crippen molar-refractivity contribution in [2.45, 2.75) is 6.92 Å². The third-order valence-electron chi connectivity index (χ3n) is 2.08. The molecular formula is C13H12N2O2. The molecule has 0 saturated heterocycles. The Morgan fingerprint density at radius 2 is 2.24 bits per heavy atom. The molecule has 0 radical (unpaired) electrons. The van der Waals surface area contributed by atoms with E-state index in [1.807, 2.05) is 19.1 Å². The van der Waals surface area contributed by atoms with Crippen LogP contribution in [0.3, 0.4) is 0 Å². The van der Waals surface area contributed by atoms with Gasteiger partial charge in [-0.3, -0.25) is 4.79 Å². The van der Waals surface area contributed by atoms with Crippen LogP contribution in [0, 0.1) is 6.92 Å². The number of hydrogen-bond acceptors (Lipinski definition) is 3. The summed E-state index contributed by atoms with van der Waals surface area (Å²) in [4.78, 5) is 15.5. The lowest BCUT2D eigenvalue weighted by atomic mass is 10.3. The molecule has 0 atom stereocenters. The van der Waals surface area contributed by atoms with E-state index in [0.717, 1.165) is 5.76 Å². The van der Waals surface area contributed by atoms with Crippen molar-refractivity contribution in [3.63, 3.8) is 0 Å². The average Bonchev–Trinajstić information content (AvgIpc) is 2.74. The Labute approximate surface area is 99.0 Å². The van der Waals surface area contributed by atoms with E-state index < -0.39 is 0 Å². The van der Waals surface area contributed by atoms with E-state index in [9.17, 15) is 4.79 Å². The highest BCUT2D eigenvalue weighted by molar-refractivity contribution is 6.01. The second-order valence-electron chi connectivity index (χ2n) is 3.49. The Morgan fingerprint density at radius 3 is 2.88 bits per heavy atom. The first kappa shape index (κ1) is 11.1. The smallest absolute Gasteiger partial charge is 0.249 e. The second kappa shape index (κ2) is 5.12. The number of pyridine rings is 1. The van der Waals surface area contributed by atoms with Crippen molar-refractivity contribution in [3.05, 3.63) is 54.1 Å². The lowest BCUT2D eigenvalue weighted by molar-refractivity contribution is -0.111. The summed E-state index contributed by atoms with van der Waals surface area (Å²) in [5.41, 5.74) is 0. The number of carbonyl (C=O) groups is 1. The maximum atomic E-state index is 11.5. The van der Waals surface area contributed by atoms with Gasteiger partial charge >= 0.3 is 0 Å². The highest BCUT2D eigenvalue weighted by Crippen LogP contribution is 2.08. The van der Waals surface area contributed by atoms with Crippen LogP contribution in [0.4, 0.5) is 5.82 Å². The largest absolute Gasteiger partial charge is 0.462 e. The lowest BCUT2D eigenvalue weighted by Crippen LogP contribution is -2.08. The molecule has 17 heavy (non-hydrogen) atoms. The van der Waals surface area contributed by atoms with Gasteiger partial charge in [-0.2, -0.15) is 0 Å². The van der Waals surface area contributed by atoms with Crippen molar-refractivity contribution in [1.82, 2.24) is 4.98 Å². The number of nitrogens with zero attached hydrogens (tertiary/aromatic N) is 1. The van der Waals surface area contributed by atoms with Crippen LogP contribution in [0.1, 0.15) is 11.5 Å². The molecule has 0 saturated carbocycles. The fourth-order valence-electron chi connectivity index (χ4n) is 1.31. The molecule has 4 nitrogen and oxygen atoms in total.